The van der Waals surface area contributed by atoms with Crippen molar-refractivity contribution in [2.45, 2.75) is 44.7 Å². The van der Waals surface area contributed by atoms with Crippen LogP contribution in [-0.2, 0) is 14.8 Å². The number of rotatable bonds is 5. The van der Waals surface area contributed by atoms with E-state index in [1.807, 2.05) is 0 Å². The number of anilines is 1. The Bertz CT molecular complexity index is 720. The maximum atomic E-state index is 12.7. The summed E-state index contributed by atoms with van der Waals surface area (Å²) in [6.07, 6.45) is 5.74. The largest absolute Gasteiger partial charge is 0.351 e. The van der Waals surface area contributed by atoms with Crippen LogP contribution in [-0.4, -0.2) is 32.7 Å². The van der Waals surface area contributed by atoms with Gasteiger partial charge in [0.15, 0.2) is 0 Å². The lowest BCUT2D eigenvalue weighted by molar-refractivity contribution is -0.122. The third kappa shape index (κ3) is 3.54. The standard InChI is InChI=1S/C17H23ClN2O3S/c1-11(17(21)19-16-10-12-3-4-13(16)9-12)20(24(2,22)23)15-7-5-14(18)6-8-15/h5-8,11-13,16H,3-4,9-10H2,1-2H3,(H,19,21). The molecule has 24 heavy (non-hydrogen) atoms. The summed E-state index contributed by atoms with van der Waals surface area (Å²) < 4.78 is 25.6. The van der Waals surface area contributed by atoms with Gasteiger partial charge in [-0.3, -0.25) is 9.10 Å². The Morgan fingerprint density at radius 1 is 1.25 bits per heavy atom. The lowest BCUT2D eigenvalue weighted by Gasteiger charge is -2.31. The number of nitrogens with zero attached hydrogens (tertiary/aromatic N) is 1. The van der Waals surface area contributed by atoms with Crippen LogP contribution >= 0.6 is 11.6 Å². The summed E-state index contributed by atoms with van der Waals surface area (Å²) in [5, 5.41) is 3.59. The van der Waals surface area contributed by atoms with Gasteiger partial charge in [-0.05, 0) is 62.3 Å². The average molecular weight is 371 g/mol. The van der Waals surface area contributed by atoms with E-state index in [0.29, 0.717) is 16.6 Å². The van der Waals surface area contributed by atoms with Gasteiger partial charge in [0.25, 0.3) is 0 Å². The van der Waals surface area contributed by atoms with E-state index in [1.165, 1.54) is 12.8 Å². The fraction of sp³-hybridized carbons (Fsp3) is 0.588. The van der Waals surface area contributed by atoms with Gasteiger partial charge in [-0.25, -0.2) is 8.42 Å². The second kappa shape index (κ2) is 6.56. The molecule has 1 aromatic carbocycles. The minimum atomic E-state index is -3.59. The van der Waals surface area contributed by atoms with Crippen molar-refractivity contribution in [3.05, 3.63) is 29.3 Å². The van der Waals surface area contributed by atoms with Crippen LogP contribution in [0.1, 0.15) is 32.6 Å². The molecule has 7 heteroatoms. The topological polar surface area (TPSA) is 66.5 Å². The second-order valence-electron chi connectivity index (χ2n) is 7.00. The molecule has 3 rings (SSSR count). The lowest BCUT2D eigenvalue weighted by Crippen LogP contribution is -2.51. The van der Waals surface area contributed by atoms with Crippen LogP contribution in [0.2, 0.25) is 5.02 Å². The highest BCUT2D eigenvalue weighted by Crippen LogP contribution is 2.44. The van der Waals surface area contributed by atoms with Crippen LogP contribution in [0.25, 0.3) is 0 Å². The zero-order valence-electron chi connectivity index (χ0n) is 13.9. The SMILES string of the molecule is CC(C(=O)NC1CC2CCC1C2)N(c1ccc(Cl)cc1)S(C)(=O)=O. The average Bonchev–Trinajstić information content (AvgIpc) is 3.10. The van der Waals surface area contributed by atoms with Gasteiger partial charge in [0, 0.05) is 11.1 Å². The molecule has 4 unspecified atom stereocenters. The quantitative estimate of drug-likeness (QED) is 0.866. The van der Waals surface area contributed by atoms with Crippen molar-refractivity contribution in [3.8, 4) is 0 Å². The molecule has 0 radical (unpaired) electrons. The summed E-state index contributed by atoms with van der Waals surface area (Å²) in [6, 6.07) is 5.85. The molecule has 2 aliphatic carbocycles. The van der Waals surface area contributed by atoms with E-state index in [1.54, 1.807) is 31.2 Å². The molecule has 4 atom stereocenters. The van der Waals surface area contributed by atoms with Gasteiger partial charge in [0.1, 0.15) is 6.04 Å². The summed E-state index contributed by atoms with van der Waals surface area (Å²) in [5.41, 5.74) is 0.442. The van der Waals surface area contributed by atoms with Crippen LogP contribution in [0.3, 0.4) is 0 Å². The van der Waals surface area contributed by atoms with Crippen LogP contribution in [0.4, 0.5) is 5.69 Å². The molecule has 2 saturated carbocycles. The molecule has 0 saturated heterocycles. The zero-order valence-corrected chi connectivity index (χ0v) is 15.5. The Labute approximate surface area is 148 Å². The molecular formula is C17H23ClN2O3S. The number of sulfonamides is 1. The molecule has 5 nitrogen and oxygen atoms in total. The molecule has 0 aliphatic heterocycles. The highest BCUT2D eigenvalue weighted by molar-refractivity contribution is 7.92. The van der Waals surface area contributed by atoms with Crippen LogP contribution < -0.4 is 9.62 Å². The predicted octanol–water partition coefficient (Wildman–Crippen LogP) is 2.80. The smallest absolute Gasteiger partial charge is 0.243 e. The highest BCUT2D eigenvalue weighted by Gasteiger charge is 2.41. The molecule has 0 spiro atoms. The van der Waals surface area contributed by atoms with Crippen LogP contribution in [0.5, 0.6) is 0 Å². The molecule has 1 N–H and O–H groups in total. The summed E-state index contributed by atoms with van der Waals surface area (Å²) in [4.78, 5) is 12.7. The minimum absolute atomic E-state index is 0.185. The molecule has 1 aromatic rings. The first-order valence-corrected chi connectivity index (χ1v) is 10.5. The number of carbonyl (C=O) groups excluding carboxylic acids is 1. The van der Waals surface area contributed by atoms with E-state index < -0.39 is 16.1 Å². The first kappa shape index (κ1) is 17.5. The van der Waals surface area contributed by atoms with E-state index >= 15 is 0 Å². The van der Waals surface area contributed by atoms with Gasteiger partial charge in [-0.15, -0.1) is 0 Å². The Balaban J connectivity index is 1.77. The molecule has 132 valence electrons. The number of amides is 1. The van der Waals surface area contributed by atoms with Gasteiger partial charge >= 0.3 is 0 Å². The van der Waals surface area contributed by atoms with Crippen molar-refractivity contribution in [1.29, 1.82) is 0 Å². The highest BCUT2D eigenvalue weighted by atomic mass is 35.5. The monoisotopic (exact) mass is 370 g/mol. The molecule has 2 bridgehead atoms. The number of hydrogen-bond donors (Lipinski definition) is 1. The van der Waals surface area contributed by atoms with Gasteiger partial charge in [-0.1, -0.05) is 18.0 Å². The molecule has 0 aromatic heterocycles. The van der Waals surface area contributed by atoms with E-state index in [4.69, 9.17) is 11.6 Å². The third-order valence-electron chi connectivity index (χ3n) is 5.24. The van der Waals surface area contributed by atoms with Crippen molar-refractivity contribution in [2.75, 3.05) is 10.6 Å². The van der Waals surface area contributed by atoms with Crippen molar-refractivity contribution < 1.29 is 13.2 Å². The van der Waals surface area contributed by atoms with Crippen molar-refractivity contribution in [2.24, 2.45) is 11.8 Å². The first-order chi connectivity index (χ1) is 11.3. The van der Waals surface area contributed by atoms with Crippen molar-refractivity contribution in [3.63, 3.8) is 0 Å². The predicted molar refractivity (Wildman–Crippen MR) is 95.6 cm³/mol. The van der Waals surface area contributed by atoms with Gasteiger partial charge < -0.3 is 5.32 Å². The number of nitrogens with one attached hydrogen (secondary N) is 1. The van der Waals surface area contributed by atoms with Crippen LogP contribution in [0.15, 0.2) is 24.3 Å². The fourth-order valence-corrected chi connectivity index (χ4v) is 5.42. The van der Waals surface area contributed by atoms with E-state index in [2.05, 4.69) is 5.32 Å². The Hall–Kier alpha value is -1.27. The maximum absolute atomic E-state index is 12.7. The fourth-order valence-electron chi connectivity index (χ4n) is 4.12. The molecule has 1 amide bonds. The number of halogens is 1. The van der Waals surface area contributed by atoms with Crippen molar-refractivity contribution in [1.82, 2.24) is 5.32 Å². The van der Waals surface area contributed by atoms with Crippen molar-refractivity contribution >= 4 is 33.2 Å². The maximum Gasteiger partial charge on any atom is 0.243 e. The lowest BCUT2D eigenvalue weighted by atomic mass is 9.95. The number of carbonyl (C=O) groups is 1. The first-order valence-electron chi connectivity index (χ1n) is 8.31. The van der Waals surface area contributed by atoms with E-state index in [9.17, 15) is 13.2 Å². The summed E-state index contributed by atoms with van der Waals surface area (Å²) in [6.45, 7) is 1.62. The van der Waals surface area contributed by atoms with E-state index in [0.717, 1.165) is 29.3 Å². The summed E-state index contributed by atoms with van der Waals surface area (Å²) >= 11 is 5.87. The Morgan fingerprint density at radius 2 is 1.92 bits per heavy atom. The zero-order chi connectivity index (χ0) is 17.5. The van der Waals surface area contributed by atoms with Gasteiger partial charge in [-0.2, -0.15) is 0 Å². The number of hydrogen-bond acceptors (Lipinski definition) is 3. The van der Waals surface area contributed by atoms with Gasteiger partial charge in [0.05, 0.1) is 11.9 Å². The molecule has 2 aliphatic rings. The van der Waals surface area contributed by atoms with E-state index in [-0.39, 0.29) is 11.9 Å². The Kier molecular flexibility index (Phi) is 4.80. The van der Waals surface area contributed by atoms with Crippen LogP contribution in [0, 0.1) is 11.8 Å². The second-order valence-corrected chi connectivity index (χ2v) is 9.30. The molecule has 2 fully saturated rings. The minimum Gasteiger partial charge on any atom is -0.351 e. The normalized spacial score (nSPS) is 27.0. The summed E-state index contributed by atoms with van der Waals surface area (Å²) in [7, 11) is -3.59. The Morgan fingerprint density at radius 3 is 2.42 bits per heavy atom. The summed E-state index contributed by atoms with van der Waals surface area (Å²) in [5.74, 6) is 1.03. The third-order valence-corrected chi connectivity index (χ3v) is 6.73. The van der Waals surface area contributed by atoms with Gasteiger partial charge in [0.2, 0.25) is 15.9 Å². The number of fused-ring (bicyclic) bond motifs is 2. The molecule has 0 heterocycles. The molecular weight excluding hydrogens is 348 g/mol. The number of benzene rings is 1.